The van der Waals surface area contributed by atoms with Crippen molar-refractivity contribution in [3.8, 4) is 0 Å². The Morgan fingerprint density at radius 3 is 2.36 bits per heavy atom. The Labute approximate surface area is 147 Å². The van der Waals surface area contributed by atoms with Gasteiger partial charge in [-0.25, -0.2) is 0 Å². The predicted octanol–water partition coefficient (Wildman–Crippen LogP) is 4.06. The first-order valence-electron chi connectivity index (χ1n) is 8.21. The normalized spacial score (nSPS) is 10.3. The van der Waals surface area contributed by atoms with Crippen LogP contribution in [-0.4, -0.2) is 23.2 Å². The summed E-state index contributed by atoms with van der Waals surface area (Å²) in [7, 11) is 1.73. The zero-order valence-corrected chi connectivity index (χ0v) is 14.3. The van der Waals surface area contributed by atoms with Gasteiger partial charge < -0.3 is 10.2 Å². The molecule has 0 saturated carbocycles. The van der Waals surface area contributed by atoms with Crippen molar-refractivity contribution in [3.63, 3.8) is 0 Å². The van der Waals surface area contributed by atoms with E-state index in [0.717, 1.165) is 17.8 Å². The summed E-state index contributed by atoms with van der Waals surface area (Å²) in [5.74, 6) is 0.416. The minimum atomic E-state index is -0.195. The van der Waals surface area contributed by atoms with Crippen molar-refractivity contribution in [2.24, 2.45) is 0 Å². The predicted molar refractivity (Wildman–Crippen MR) is 100 cm³/mol. The molecule has 0 unspecified atom stereocenters. The molecule has 0 spiro atoms. The highest BCUT2D eigenvalue weighted by atomic mass is 16.2. The van der Waals surface area contributed by atoms with E-state index in [0.29, 0.717) is 11.5 Å². The number of aryl methyl sites for hydroxylation is 1. The van der Waals surface area contributed by atoms with E-state index >= 15 is 0 Å². The molecule has 1 amide bonds. The molecule has 0 aliphatic carbocycles. The second-order valence-corrected chi connectivity index (χ2v) is 5.64. The molecule has 0 atom stereocenters. The van der Waals surface area contributed by atoms with Gasteiger partial charge in [-0.3, -0.25) is 4.79 Å². The van der Waals surface area contributed by atoms with E-state index in [2.05, 4.69) is 28.5 Å². The summed E-state index contributed by atoms with van der Waals surface area (Å²) in [6.07, 6.45) is 0.926. The second-order valence-electron chi connectivity index (χ2n) is 5.64. The van der Waals surface area contributed by atoms with Crippen molar-refractivity contribution in [2.75, 3.05) is 17.3 Å². The van der Waals surface area contributed by atoms with Crippen molar-refractivity contribution in [1.29, 1.82) is 0 Å². The molecular formula is C20H20N4O. The van der Waals surface area contributed by atoms with Gasteiger partial charge in [-0.15, -0.1) is 10.2 Å². The third-order valence-electron chi connectivity index (χ3n) is 3.99. The summed E-state index contributed by atoms with van der Waals surface area (Å²) in [5, 5.41) is 11.5. The molecule has 126 valence electrons. The van der Waals surface area contributed by atoms with E-state index in [1.165, 1.54) is 5.56 Å². The van der Waals surface area contributed by atoms with Gasteiger partial charge in [0.25, 0.3) is 5.91 Å². The van der Waals surface area contributed by atoms with Gasteiger partial charge in [-0.1, -0.05) is 43.3 Å². The molecule has 0 fully saturated rings. The van der Waals surface area contributed by atoms with Crippen molar-refractivity contribution >= 4 is 23.1 Å². The monoisotopic (exact) mass is 332 g/mol. The summed E-state index contributed by atoms with van der Waals surface area (Å²) in [6, 6.07) is 21.0. The molecule has 25 heavy (non-hydrogen) atoms. The Balaban J connectivity index is 1.75. The molecular weight excluding hydrogens is 312 g/mol. The molecule has 0 aliphatic heterocycles. The fraction of sp³-hybridized carbons (Fsp3) is 0.150. The van der Waals surface area contributed by atoms with Crippen LogP contribution in [0.15, 0.2) is 66.7 Å². The first kappa shape index (κ1) is 16.6. The van der Waals surface area contributed by atoms with Gasteiger partial charge in [-0.2, -0.15) is 0 Å². The molecule has 1 N–H and O–H groups in total. The van der Waals surface area contributed by atoms with Crippen LogP contribution in [0, 0.1) is 0 Å². The minimum Gasteiger partial charge on any atom is -0.339 e. The number of nitrogens with one attached hydrogen (secondary N) is 1. The first-order chi connectivity index (χ1) is 12.2. The van der Waals surface area contributed by atoms with Crippen molar-refractivity contribution < 1.29 is 4.79 Å². The molecule has 0 radical (unpaired) electrons. The van der Waals surface area contributed by atoms with Crippen molar-refractivity contribution in [2.45, 2.75) is 13.3 Å². The Kier molecular flexibility index (Phi) is 5.04. The lowest BCUT2D eigenvalue weighted by atomic mass is 10.1. The third-order valence-corrected chi connectivity index (χ3v) is 3.99. The van der Waals surface area contributed by atoms with Crippen LogP contribution in [0.4, 0.5) is 17.2 Å². The van der Waals surface area contributed by atoms with Gasteiger partial charge in [0.15, 0.2) is 11.5 Å². The molecule has 3 rings (SSSR count). The fourth-order valence-electron chi connectivity index (χ4n) is 2.54. The van der Waals surface area contributed by atoms with Crippen LogP contribution < -0.4 is 10.2 Å². The largest absolute Gasteiger partial charge is 0.339 e. The van der Waals surface area contributed by atoms with E-state index in [1.54, 1.807) is 24.1 Å². The standard InChI is InChI=1S/C20H20N4O/c1-3-15-9-7-8-12-17(15)21-19-14-13-18(22-23-19)20(25)24(2)16-10-5-4-6-11-16/h4-14H,3H2,1-2H3,(H,21,23). The number of aromatic nitrogens is 2. The van der Waals surface area contributed by atoms with Crippen molar-refractivity contribution in [3.05, 3.63) is 78.0 Å². The highest BCUT2D eigenvalue weighted by Gasteiger charge is 2.15. The van der Waals surface area contributed by atoms with Crippen LogP contribution in [0.5, 0.6) is 0 Å². The minimum absolute atomic E-state index is 0.195. The first-order valence-corrected chi connectivity index (χ1v) is 8.21. The van der Waals surface area contributed by atoms with Crippen LogP contribution in [0.25, 0.3) is 0 Å². The molecule has 1 aromatic heterocycles. The van der Waals surface area contributed by atoms with E-state index in [4.69, 9.17) is 0 Å². The number of rotatable bonds is 5. The number of anilines is 3. The smallest absolute Gasteiger partial charge is 0.278 e. The highest BCUT2D eigenvalue weighted by molar-refractivity contribution is 6.04. The molecule has 5 heteroatoms. The van der Waals surface area contributed by atoms with Crippen molar-refractivity contribution in [1.82, 2.24) is 10.2 Å². The lowest BCUT2D eigenvalue weighted by Gasteiger charge is -2.16. The van der Waals surface area contributed by atoms with Gasteiger partial charge in [0.1, 0.15) is 0 Å². The van der Waals surface area contributed by atoms with E-state index in [1.807, 2.05) is 48.5 Å². The maximum absolute atomic E-state index is 12.5. The number of carbonyl (C=O) groups excluding carboxylic acids is 1. The van der Waals surface area contributed by atoms with Gasteiger partial charge in [0.05, 0.1) is 0 Å². The second kappa shape index (κ2) is 7.57. The lowest BCUT2D eigenvalue weighted by molar-refractivity contribution is 0.0987. The summed E-state index contributed by atoms with van der Waals surface area (Å²) < 4.78 is 0. The summed E-state index contributed by atoms with van der Waals surface area (Å²) in [6.45, 7) is 2.10. The molecule has 0 aliphatic rings. The number of para-hydroxylation sites is 2. The Morgan fingerprint density at radius 2 is 1.68 bits per heavy atom. The van der Waals surface area contributed by atoms with Crippen LogP contribution >= 0.6 is 0 Å². The van der Waals surface area contributed by atoms with Gasteiger partial charge >= 0.3 is 0 Å². The highest BCUT2D eigenvalue weighted by Crippen LogP contribution is 2.20. The number of carbonyl (C=O) groups is 1. The molecule has 1 heterocycles. The quantitative estimate of drug-likeness (QED) is 0.765. The number of hydrogen-bond acceptors (Lipinski definition) is 4. The van der Waals surface area contributed by atoms with Gasteiger partial charge in [0, 0.05) is 18.4 Å². The van der Waals surface area contributed by atoms with E-state index in [-0.39, 0.29) is 5.91 Å². The average molecular weight is 332 g/mol. The van der Waals surface area contributed by atoms with Crippen LogP contribution in [0.2, 0.25) is 0 Å². The van der Waals surface area contributed by atoms with Gasteiger partial charge in [0.2, 0.25) is 0 Å². The number of hydrogen-bond donors (Lipinski definition) is 1. The maximum atomic E-state index is 12.5. The Hall–Kier alpha value is -3.21. The number of amides is 1. The van der Waals surface area contributed by atoms with E-state index in [9.17, 15) is 4.79 Å². The maximum Gasteiger partial charge on any atom is 0.278 e. The topological polar surface area (TPSA) is 58.1 Å². The molecule has 0 saturated heterocycles. The molecule has 3 aromatic rings. The molecule has 2 aromatic carbocycles. The third kappa shape index (κ3) is 3.83. The zero-order chi connectivity index (χ0) is 17.6. The summed E-state index contributed by atoms with van der Waals surface area (Å²) in [5.41, 5.74) is 3.32. The number of benzene rings is 2. The fourth-order valence-corrected chi connectivity index (χ4v) is 2.54. The average Bonchev–Trinajstić information content (AvgIpc) is 2.68. The summed E-state index contributed by atoms with van der Waals surface area (Å²) >= 11 is 0. The van der Waals surface area contributed by atoms with Crippen LogP contribution in [0.1, 0.15) is 23.0 Å². The van der Waals surface area contributed by atoms with Gasteiger partial charge in [-0.05, 0) is 42.3 Å². The van der Waals surface area contributed by atoms with E-state index < -0.39 is 0 Å². The SMILES string of the molecule is CCc1ccccc1Nc1ccc(C(=O)N(C)c2ccccc2)nn1. The Bertz CT molecular complexity index is 847. The summed E-state index contributed by atoms with van der Waals surface area (Å²) in [4.78, 5) is 14.1. The zero-order valence-electron chi connectivity index (χ0n) is 14.3. The van der Waals surface area contributed by atoms with Crippen LogP contribution in [0.3, 0.4) is 0 Å². The lowest BCUT2D eigenvalue weighted by Crippen LogP contribution is -2.27. The number of nitrogens with zero attached hydrogens (tertiary/aromatic N) is 3. The molecule has 0 bridgehead atoms. The molecule has 5 nitrogen and oxygen atoms in total. The van der Waals surface area contributed by atoms with Crippen LogP contribution in [-0.2, 0) is 6.42 Å². The Morgan fingerprint density at radius 1 is 0.960 bits per heavy atom.